The molecule has 0 spiro atoms. The summed E-state index contributed by atoms with van der Waals surface area (Å²) in [6, 6.07) is 14.9. The third-order valence-corrected chi connectivity index (χ3v) is 3.30. The van der Waals surface area contributed by atoms with E-state index in [2.05, 4.69) is 5.10 Å². The monoisotopic (exact) mass is 267 g/mol. The summed E-state index contributed by atoms with van der Waals surface area (Å²) < 4.78 is 1.88. The number of nitro benzene ring substituents is 1. The molecule has 0 radical (unpaired) electrons. The van der Waals surface area contributed by atoms with Crippen molar-refractivity contribution in [3.63, 3.8) is 0 Å². The smallest absolute Gasteiger partial charge is 0.260 e. The van der Waals surface area contributed by atoms with Crippen molar-refractivity contribution in [3.05, 3.63) is 69.9 Å². The molecule has 0 aliphatic rings. The Balaban J connectivity index is 2.07. The number of fused-ring (bicyclic) bond motifs is 1. The molecular weight excluding hydrogens is 254 g/mol. The van der Waals surface area contributed by atoms with E-state index in [1.165, 1.54) is 6.07 Å². The van der Waals surface area contributed by atoms with E-state index in [1.54, 1.807) is 12.1 Å². The SMILES string of the molecule is Cc1nn(Cc2ccccc2)c2ccc([N+](=O)[O-])cc12. The predicted molar refractivity (Wildman–Crippen MR) is 76.7 cm³/mol. The molecule has 2 aromatic carbocycles. The standard InChI is InChI=1S/C15H13N3O2/c1-11-14-9-13(18(19)20)7-8-15(14)17(16-11)10-12-5-3-2-4-6-12/h2-9H,10H2,1H3. The molecule has 1 aromatic heterocycles. The second kappa shape index (κ2) is 4.77. The minimum atomic E-state index is -0.382. The highest BCUT2D eigenvalue weighted by Crippen LogP contribution is 2.24. The highest BCUT2D eigenvalue weighted by molar-refractivity contribution is 5.84. The van der Waals surface area contributed by atoms with Crippen LogP contribution in [0.5, 0.6) is 0 Å². The first-order chi connectivity index (χ1) is 9.65. The number of rotatable bonds is 3. The molecule has 1 heterocycles. The van der Waals surface area contributed by atoms with Crippen molar-refractivity contribution in [2.45, 2.75) is 13.5 Å². The highest BCUT2D eigenvalue weighted by Gasteiger charge is 2.12. The van der Waals surface area contributed by atoms with Crippen LogP contribution in [0, 0.1) is 17.0 Å². The lowest BCUT2D eigenvalue weighted by atomic mass is 10.2. The molecule has 0 N–H and O–H groups in total. The van der Waals surface area contributed by atoms with E-state index in [-0.39, 0.29) is 10.6 Å². The molecule has 3 rings (SSSR count). The number of benzene rings is 2. The van der Waals surface area contributed by atoms with E-state index in [4.69, 9.17) is 0 Å². The fraction of sp³-hybridized carbons (Fsp3) is 0.133. The molecule has 0 saturated heterocycles. The van der Waals surface area contributed by atoms with Crippen LogP contribution in [0.1, 0.15) is 11.3 Å². The van der Waals surface area contributed by atoms with Crippen LogP contribution in [0.4, 0.5) is 5.69 Å². The summed E-state index contributed by atoms with van der Waals surface area (Å²) in [5.41, 5.74) is 2.96. The molecule has 0 unspecified atom stereocenters. The number of non-ortho nitro benzene ring substituents is 1. The Morgan fingerprint density at radius 3 is 2.65 bits per heavy atom. The Morgan fingerprint density at radius 2 is 1.95 bits per heavy atom. The van der Waals surface area contributed by atoms with E-state index in [0.717, 1.165) is 22.2 Å². The van der Waals surface area contributed by atoms with Gasteiger partial charge in [0.25, 0.3) is 5.69 Å². The topological polar surface area (TPSA) is 61.0 Å². The molecule has 0 amide bonds. The highest BCUT2D eigenvalue weighted by atomic mass is 16.6. The Morgan fingerprint density at radius 1 is 1.20 bits per heavy atom. The average molecular weight is 267 g/mol. The van der Waals surface area contributed by atoms with Crippen LogP contribution in [0.15, 0.2) is 48.5 Å². The quantitative estimate of drug-likeness (QED) is 0.540. The summed E-state index contributed by atoms with van der Waals surface area (Å²) in [6.45, 7) is 2.52. The van der Waals surface area contributed by atoms with Crippen LogP contribution in [0.3, 0.4) is 0 Å². The van der Waals surface area contributed by atoms with Crippen molar-refractivity contribution in [2.24, 2.45) is 0 Å². The Labute approximate surface area is 115 Å². The molecule has 0 atom stereocenters. The van der Waals surface area contributed by atoms with Gasteiger partial charge in [0, 0.05) is 17.5 Å². The fourth-order valence-corrected chi connectivity index (χ4v) is 2.32. The summed E-state index contributed by atoms with van der Waals surface area (Å²) in [6.07, 6.45) is 0. The van der Waals surface area contributed by atoms with Crippen LogP contribution >= 0.6 is 0 Å². The second-order valence-corrected chi connectivity index (χ2v) is 4.69. The van der Waals surface area contributed by atoms with Gasteiger partial charge in [0.1, 0.15) is 0 Å². The third kappa shape index (κ3) is 2.14. The van der Waals surface area contributed by atoms with Crippen molar-refractivity contribution in [1.82, 2.24) is 9.78 Å². The summed E-state index contributed by atoms with van der Waals surface area (Å²) >= 11 is 0. The molecular formula is C15H13N3O2. The molecule has 5 heteroatoms. The average Bonchev–Trinajstić information content (AvgIpc) is 2.76. The van der Waals surface area contributed by atoms with Gasteiger partial charge >= 0.3 is 0 Å². The zero-order valence-electron chi connectivity index (χ0n) is 11.0. The largest absolute Gasteiger partial charge is 0.270 e. The predicted octanol–water partition coefficient (Wildman–Crippen LogP) is 3.30. The fourth-order valence-electron chi connectivity index (χ4n) is 2.32. The van der Waals surface area contributed by atoms with Crippen LogP contribution in [0.2, 0.25) is 0 Å². The third-order valence-electron chi connectivity index (χ3n) is 3.30. The normalized spacial score (nSPS) is 10.8. The first kappa shape index (κ1) is 12.3. The molecule has 3 aromatic rings. The van der Waals surface area contributed by atoms with Gasteiger partial charge in [-0.05, 0) is 18.6 Å². The van der Waals surface area contributed by atoms with E-state index < -0.39 is 0 Å². The molecule has 0 saturated carbocycles. The molecule has 0 fully saturated rings. The summed E-state index contributed by atoms with van der Waals surface area (Å²) in [5, 5.41) is 16.1. The van der Waals surface area contributed by atoms with Gasteiger partial charge < -0.3 is 0 Å². The van der Waals surface area contributed by atoms with E-state index >= 15 is 0 Å². The van der Waals surface area contributed by atoms with Gasteiger partial charge in [-0.1, -0.05) is 30.3 Å². The zero-order chi connectivity index (χ0) is 14.1. The maximum absolute atomic E-state index is 10.8. The molecule has 5 nitrogen and oxygen atoms in total. The van der Waals surface area contributed by atoms with Gasteiger partial charge in [0.2, 0.25) is 0 Å². The van der Waals surface area contributed by atoms with Crippen molar-refractivity contribution < 1.29 is 4.92 Å². The Hall–Kier alpha value is -2.69. The van der Waals surface area contributed by atoms with Crippen molar-refractivity contribution in [1.29, 1.82) is 0 Å². The first-order valence-electron chi connectivity index (χ1n) is 6.30. The molecule has 0 aliphatic carbocycles. The molecule has 0 bridgehead atoms. The van der Waals surface area contributed by atoms with Gasteiger partial charge in [0.05, 0.1) is 22.7 Å². The minimum Gasteiger partial charge on any atom is -0.260 e. The van der Waals surface area contributed by atoms with Crippen LogP contribution < -0.4 is 0 Å². The summed E-state index contributed by atoms with van der Waals surface area (Å²) in [4.78, 5) is 10.5. The number of hydrogen-bond donors (Lipinski definition) is 0. The van der Waals surface area contributed by atoms with Crippen molar-refractivity contribution in [3.8, 4) is 0 Å². The lowest BCUT2D eigenvalue weighted by Crippen LogP contribution is -2.01. The van der Waals surface area contributed by atoms with Gasteiger partial charge in [-0.2, -0.15) is 5.10 Å². The van der Waals surface area contributed by atoms with Gasteiger partial charge in [0.15, 0.2) is 0 Å². The number of nitrogens with zero attached hydrogens (tertiary/aromatic N) is 3. The van der Waals surface area contributed by atoms with Crippen molar-refractivity contribution >= 4 is 16.6 Å². The van der Waals surface area contributed by atoms with Gasteiger partial charge in [-0.25, -0.2) is 0 Å². The van der Waals surface area contributed by atoms with Crippen molar-refractivity contribution in [2.75, 3.05) is 0 Å². The molecule has 100 valence electrons. The number of aromatic nitrogens is 2. The van der Waals surface area contributed by atoms with Gasteiger partial charge in [-0.3, -0.25) is 14.8 Å². The van der Waals surface area contributed by atoms with Gasteiger partial charge in [-0.15, -0.1) is 0 Å². The van der Waals surface area contributed by atoms with Crippen LogP contribution in [0.25, 0.3) is 10.9 Å². The Kier molecular flexibility index (Phi) is 2.95. The lowest BCUT2D eigenvalue weighted by molar-refractivity contribution is -0.384. The Bertz CT molecular complexity index is 778. The van der Waals surface area contributed by atoms with E-state index in [1.807, 2.05) is 41.9 Å². The van der Waals surface area contributed by atoms with Crippen LogP contribution in [-0.4, -0.2) is 14.7 Å². The van der Waals surface area contributed by atoms with E-state index in [0.29, 0.717) is 6.54 Å². The molecule has 0 aliphatic heterocycles. The zero-order valence-corrected chi connectivity index (χ0v) is 11.0. The number of nitro groups is 1. The lowest BCUT2D eigenvalue weighted by Gasteiger charge is -2.03. The summed E-state index contributed by atoms with van der Waals surface area (Å²) in [7, 11) is 0. The van der Waals surface area contributed by atoms with E-state index in [9.17, 15) is 10.1 Å². The summed E-state index contributed by atoms with van der Waals surface area (Å²) in [5.74, 6) is 0. The number of aryl methyl sites for hydroxylation is 1. The number of hydrogen-bond acceptors (Lipinski definition) is 3. The maximum Gasteiger partial charge on any atom is 0.270 e. The minimum absolute atomic E-state index is 0.0971. The second-order valence-electron chi connectivity index (χ2n) is 4.69. The van der Waals surface area contributed by atoms with Crippen LogP contribution in [-0.2, 0) is 6.54 Å². The maximum atomic E-state index is 10.8. The molecule has 20 heavy (non-hydrogen) atoms. The first-order valence-corrected chi connectivity index (χ1v) is 6.30.